The van der Waals surface area contributed by atoms with Gasteiger partial charge in [-0.3, -0.25) is 4.79 Å². The van der Waals surface area contributed by atoms with Crippen LogP contribution in [0, 0.1) is 5.82 Å². The van der Waals surface area contributed by atoms with Gasteiger partial charge in [0.2, 0.25) is 5.82 Å². The lowest BCUT2D eigenvalue weighted by Crippen LogP contribution is -2.46. The lowest BCUT2D eigenvalue weighted by Gasteiger charge is -2.33. The molecule has 1 saturated heterocycles. The van der Waals surface area contributed by atoms with Crippen LogP contribution in [0.4, 0.5) is 4.39 Å². The Morgan fingerprint density at radius 3 is 2.61 bits per heavy atom. The summed E-state index contributed by atoms with van der Waals surface area (Å²) in [7, 11) is 0. The molecule has 1 aliphatic heterocycles. The van der Waals surface area contributed by atoms with E-state index in [0.717, 1.165) is 32.4 Å². The Hall–Kier alpha value is -1.99. The Balaban J connectivity index is 0.00000280. The minimum Gasteiger partial charge on any atom is -0.333 e. The molecule has 1 N–H and O–H groups in total. The van der Waals surface area contributed by atoms with Crippen LogP contribution in [0.15, 0.2) is 24.3 Å². The van der Waals surface area contributed by atoms with E-state index in [4.69, 9.17) is 0 Å². The SMILES string of the molecule is CCCN(C(=O)c1nc(C(C)C)n(-c2ccccc2F)n1)C1CCNCC1.Cl. The van der Waals surface area contributed by atoms with E-state index in [1.54, 1.807) is 18.2 Å². The maximum Gasteiger partial charge on any atom is 0.293 e. The van der Waals surface area contributed by atoms with E-state index >= 15 is 0 Å². The van der Waals surface area contributed by atoms with Crippen molar-refractivity contribution in [3.63, 3.8) is 0 Å². The van der Waals surface area contributed by atoms with Crippen LogP contribution in [0.3, 0.4) is 0 Å². The molecule has 0 unspecified atom stereocenters. The van der Waals surface area contributed by atoms with Gasteiger partial charge in [0, 0.05) is 18.5 Å². The van der Waals surface area contributed by atoms with Gasteiger partial charge >= 0.3 is 0 Å². The summed E-state index contributed by atoms with van der Waals surface area (Å²) in [5.41, 5.74) is 0.316. The van der Waals surface area contributed by atoms with Crippen molar-refractivity contribution < 1.29 is 9.18 Å². The second kappa shape index (κ2) is 9.98. The van der Waals surface area contributed by atoms with Crippen molar-refractivity contribution in [2.24, 2.45) is 0 Å². The summed E-state index contributed by atoms with van der Waals surface area (Å²) < 4.78 is 15.8. The van der Waals surface area contributed by atoms with Crippen LogP contribution >= 0.6 is 12.4 Å². The highest BCUT2D eigenvalue weighted by Gasteiger charge is 2.29. The van der Waals surface area contributed by atoms with Crippen LogP contribution in [0.2, 0.25) is 0 Å². The minimum absolute atomic E-state index is 0. The van der Waals surface area contributed by atoms with Gasteiger partial charge in [0.1, 0.15) is 17.3 Å². The van der Waals surface area contributed by atoms with Gasteiger partial charge in [-0.15, -0.1) is 17.5 Å². The lowest BCUT2D eigenvalue weighted by molar-refractivity contribution is 0.0630. The van der Waals surface area contributed by atoms with E-state index in [1.807, 2.05) is 18.7 Å². The van der Waals surface area contributed by atoms with E-state index in [9.17, 15) is 9.18 Å². The van der Waals surface area contributed by atoms with Crippen molar-refractivity contribution in [3.05, 3.63) is 41.7 Å². The fourth-order valence-corrected chi connectivity index (χ4v) is 3.53. The zero-order valence-corrected chi connectivity index (χ0v) is 17.5. The van der Waals surface area contributed by atoms with Gasteiger partial charge in [0.25, 0.3) is 5.91 Å². The third-order valence-electron chi connectivity index (χ3n) is 4.90. The van der Waals surface area contributed by atoms with Crippen molar-refractivity contribution in [2.75, 3.05) is 19.6 Å². The highest BCUT2D eigenvalue weighted by Crippen LogP contribution is 2.21. The van der Waals surface area contributed by atoms with E-state index < -0.39 is 0 Å². The van der Waals surface area contributed by atoms with Crippen molar-refractivity contribution in [2.45, 2.75) is 52.0 Å². The van der Waals surface area contributed by atoms with Gasteiger partial charge in [-0.25, -0.2) is 14.1 Å². The molecule has 1 aromatic carbocycles. The number of rotatable bonds is 6. The van der Waals surface area contributed by atoms with E-state index in [-0.39, 0.29) is 41.9 Å². The Morgan fingerprint density at radius 2 is 2.00 bits per heavy atom. The second-order valence-electron chi connectivity index (χ2n) is 7.29. The Kier molecular flexibility index (Phi) is 7.95. The predicted molar refractivity (Wildman–Crippen MR) is 110 cm³/mol. The molecule has 0 aliphatic carbocycles. The van der Waals surface area contributed by atoms with Gasteiger partial charge in [-0.05, 0) is 44.5 Å². The van der Waals surface area contributed by atoms with E-state index in [2.05, 4.69) is 22.3 Å². The summed E-state index contributed by atoms with van der Waals surface area (Å²) in [6, 6.07) is 6.63. The molecule has 154 valence electrons. The molecular weight excluding hydrogens is 381 g/mol. The van der Waals surface area contributed by atoms with Gasteiger partial charge in [0.05, 0.1) is 0 Å². The van der Waals surface area contributed by atoms with Crippen LogP contribution in [0.1, 0.15) is 62.4 Å². The van der Waals surface area contributed by atoms with Crippen LogP contribution < -0.4 is 5.32 Å². The Morgan fingerprint density at radius 1 is 1.32 bits per heavy atom. The van der Waals surface area contributed by atoms with Crippen molar-refractivity contribution in [1.29, 1.82) is 0 Å². The van der Waals surface area contributed by atoms with Crippen molar-refractivity contribution in [3.8, 4) is 5.69 Å². The third kappa shape index (κ3) is 4.70. The number of carbonyl (C=O) groups is 1. The predicted octanol–water partition coefficient (Wildman–Crippen LogP) is 3.56. The third-order valence-corrected chi connectivity index (χ3v) is 4.90. The zero-order valence-electron chi connectivity index (χ0n) is 16.7. The van der Waals surface area contributed by atoms with E-state index in [1.165, 1.54) is 10.7 Å². The number of amides is 1. The topological polar surface area (TPSA) is 63.1 Å². The number of hydrogen-bond acceptors (Lipinski definition) is 4. The highest BCUT2D eigenvalue weighted by molar-refractivity contribution is 5.90. The fraction of sp³-hybridized carbons (Fsp3) is 0.550. The first kappa shape index (κ1) is 22.3. The molecule has 2 heterocycles. The van der Waals surface area contributed by atoms with Crippen LogP contribution in [0.25, 0.3) is 5.69 Å². The standard InChI is InChI=1S/C20H28FN5O.ClH/c1-4-13-25(15-9-11-22-12-10-15)20(27)18-23-19(14(2)3)26(24-18)17-8-6-5-7-16(17)21;/h5-8,14-15,22H,4,9-13H2,1-3H3;1H. The summed E-state index contributed by atoms with van der Waals surface area (Å²) in [5.74, 6) is 0.198. The lowest BCUT2D eigenvalue weighted by atomic mass is 10.0. The average molecular weight is 410 g/mol. The molecule has 1 aromatic heterocycles. The number of nitrogens with one attached hydrogen (secondary N) is 1. The number of carbonyl (C=O) groups excluding carboxylic acids is 1. The molecule has 6 nitrogen and oxygen atoms in total. The maximum atomic E-state index is 14.3. The fourth-order valence-electron chi connectivity index (χ4n) is 3.53. The normalized spacial score (nSPS) is 14.8. The van der Waals surface area contributed by atoms with E-state index in [0.29, 0.717) is 18.1 Å². The smallest absolute Gasteiger partial charge is 0.293 e. The van der Waals surface area contributed by atoms with Crippen LogP contribution in [-0.2, 0) is 0 Å². The maximum absolute atomic E-state index is 14.3. The molecule has 1 amide bonds. The van der Waals surface area contributed by atoms with Crippen molar-refractivity contribution in [1.82, 2.24) is 25.0 Å². The number of aromatic nitrogens is 3. The monoisotopic (exact) mass is 409 g/mol. The molecule has 0 spiro atoms. The minimum atomic E-state index is -0.382. The molecular formula is C20H29ClFN5O. The highest BCUT2D eigenvalue weighted by atomic mass is 35.5. The summed E-state index contributed by atoms with van der Waals surface area (Å²) in [5, 5.41) is 7.75. The van der Waals surface area contributed by atoms with Gasteiger partial charge in [-0.1, -0.05) is 32.9 Å². The molecule has 1 aliphatic rings. The van der Waals surface area contributed by atoms with Gasteiger partial charge < -0.3 is 10.2 Å². The summed E-state index contributed by atoms with van der Waals surface area (Å²) in [6.07, 6.45) is 2.73. The first-order chi connectivity index (χ1) is 13.0. The first-order valence-electron chi connectivity index (χ1n) is 9.76. The molecule has 0 radical (unpaired) electrons. The van der Waals surface area contributed by atoms with Gasteiger partial charge in [0.15, 0.2) is 0 Å². The second-order valence-corrected chi connectivity index (χ2v) is 7.29. The molecule has 0 bridgehead atoms. The molecule has 0 atom stereocenters. The van der Waals surface area contributed by atoms with Gasteiger partial charge in [-0.2, -0.15) is 0 Å². The molecule has 28 heavy (non-hydrogen) atoms. The van der Waals surface area contributed by atoms with Crippen LogP contribution in [0.5, 0.6) is 0 Å². The largest absolute Gasteiger partial charge is 0.333 e. The molecule has 8 heteroatoms. The first-order valence-corrected chi connectivity index (χ1v) is 9.76. The molecule has 3 rings (SSSR count). The number of halogens is 2. The average Bonchev–Trinajstić information content (AvgIpc) is 3.12. The number of piperidine rings is 1. The quantitative estimate of drug-likeness (QED) is 0.792. The Bertz CT molecular complexity index is 789. The molecule has 1 fully saturated rings. The summed E-state index contributed by atoms with van der Waals surface area (Å²) in [4.78, 5) is 19.6. The molecule has 2 aromatic rings. The molecule has 0 saturated carbocycles. The number of hydrogen-bond donors (Lipinski definition) is 1. The number of para-hydroxylation sites is 1. The number of nitrogens with zero attached hydrogens (tertiary/aromatic N) is 4. The zero-order chi connectivity index (χ0) is 19.4. The van der Waals surface area contributed by atoms with Crippen LogP contribution in [-0.4, -0.2) is 51.2 Å². The number of benzene rings is 1. The Labute approximate surface area is 171 Å². The van der Waals surface area contributed by atoms with Crippen molar-refractivity contribution >= 4 is 18.3 Å². The summed E-state index contributed by atoms with van der Waals surface area (Å²) in [6.45, 7) is 8.48. The summed E-state index contributed by atoms with van der Waals surface area (Å²) >= 11 is 0.